The van der Waals surface area contributed by atoms with Crippen LogP contribution >= 0.6 is 23.2 Å². The highest BCUT2D eigenvalue weighted by Gasteiger charge is 2.21. The fourth-order valence-electron chi connectivity index (χ4n) is 2.97. The van der Waals surface area contributed by atoms with E-state index in [1.54, 1.807) is 18.2 Å². The van der Waals surface area contributed by atoms with Crippen LogP contribution in [-0.4, -0.2) is 33.7 Å². The van der Waals surface area contributed by atoms with Crippen molar-refractivity contribution in [2.45, 2.75) is 6.54 Å². The molecule has 0 aliphatic rings. The van der Waals surface area contributed by atoms with Gasteiger partial charge in [-0.15, -0.1) is 0 Å². The molecule has 0 unspecified atom stereocenters. The summed E-state index contributed by atoms with van der Waals surface area (Å²) in [6.45, 7) is 0.387. The van der Waals surface area contributed by atoms with Crippen LogP contribution in [0.15, 0.2) is 66.7 Å². The lowest BCUT2D eigenvalue weighted by Gasteiger charge is -2.23. The van der Waals surface area contributed by atoms with E-state index >= 15 is 0 Å². The van der Waals surface area contributed by atoms with Crippen LogP contribution in [0.1, 0.15) is 15.9 Å². The Hall–Kier alpha value is -2.81. The van der Waals surface area contributed by atoms with Crippen molar-refractivity contribution in [2.75, 3.05) is 23.7 Å². The van der Waals surface area contributed by atoms with Crippen LogP contribution in [0.2, 0.25) is 10.0 Å². The molecule has 174 valence electrons. The van der Waals surface area contributed by atoms with Crippen LogP contribution in [0.4, 0.5) is 10.1 Å². The normalized spacial score (nSPS) is 11.2. The summed E-state index contributed by atoms with van der Waals surface area (Å²) >= 11 is 12.4. The zero-order valence-electron chi connectivity index (χ0n) is 17.6. The van der Waals surface area contributed by atoms with Gasteiger partial charge in [0, 0.05) is 21.2 Å². The van der Waals surface area contributed by atoms with Crippen LogP contribution in [0, 0.1) is 5.82 Å². The van der Waals surface area contributed by atoms with E-state index in [2.05, 4.69) is 5.32 Å². The van der Waals surface area contributed by atoms with Gasteiger partial charge in [0.15, 0.2) is 0 Å². The number of anilines is 1. The number of nitrogens with zero attached hydrogens (tertiary/aromatic N) is 1. The van der Waals surface area contributed by atoms with Gasteiger partial charge in [0.2, 0.25) is 10.0 Å². The van der Waals surface area contributed by atoms with Crippen molar-refractivity contribution in [3.8, 4) is 5.75 Å². The number of sulfonamides is 1. The molecule has 33 heavy (non-hydrogen) atoms. The third-order valence-electron chi connectivity index (χ3n) is 4.65. The van der Waals surface area contributed by atoms with Gasteiger partial charge in [0.05, 0.1) is 25.0 Å². The van der Waals surface area contributed by atoms with Crippen molar-refractivity contribution >= 4 is 44.8 Å². The third kappa shape index (κ3) is 6.83. The first kappa shape index (κ1) is 24.8. The quantitative estimate of drug-likeness (QED) is 0.415. The number of hydrogen-bond acceptors (Lipinski definition) is 4. The Morgan fingerprint density at radius 3 is 2.18 bits per heavy atom. The van der Waals surface area contributed by atoms with Crippen molar-refractivity contribution in [3.05, 3.63) is 93.7 Å². The van der Waals surface area contributed by atoms with Gasteiger partial charge in [-0.25, -0.2) is 12.8 Å². The summed E-state index contributed by atoms with van der Waals surface area (Å²) in [6, 6.07) is 16.6. The summed E-state index contributed by atoms with van der Waals surface area (Å²) in [5.74, 6) is -0.206. The van der Waals surface area contributed by atoms with Gasteiger partial charge in [-0.3, -0.25) is 9.10 Å². The van der Waals surface area contributed by atoms with E-state index < -0.39 is 10.0 Å². The molecule has 0 fully saturated rings. The Bertz CT molecular complexity index is 1200. The lowest BCUT2D eigenvalue weighted by Crippen LogP contribution is -2.30. The number of halogens is 3. The van der Waals surface area contributed by atoms with E-state index in [0.717, 1.165) is 10.6 Å². The lowest BCUT2D eigenvalue weighted by atomic mass is 10.1. The van der Waals surface area contributed by atoms with E-state index in [0.29, 0.717) is 32.6 Å². The Morgan fingerprint density at radius 1 is 1.00 bits per heavy atom. The Labute approximate surface area is 201 Å². The minimum Gasteiger partial charge on any atom is -0.492 e. The number of hydrogen-bond donors (Lipinski definition) is 1. The van der Waals surface area contributed by atoms with Gasteiger partial charge >= 0.3 is 0 Å². The molecule has 0 aliphatic heterocycles. The Kier molecular flexibility index (Phi) is 8.18. The second-order valence-corrected chi connectivity index (χ2v) is 9.80. The van der Waals surface area contributed by atoms with Gasteiger partial charge in [-0.05, 0) is 60.7 Å². The highest BCUT2D eigenvalue weighted by Crippen LogP contribution is 2.29. The maximum absolute atomic E-state index is 12.9. The van der Waals surface area contributed by atoms with Crippen molar-refractivity contribution in [1.82, 2.24) is 5.32 Å². The van der Waals surface area contributed by atoms with Crippen LogP contribution in [0.5, 0.6) is 5.75 Å². The zero-order valence-corrected chi connectivity index (χ0v) is 19.9. The van der Waals surface area contributed by atoms with E-state index in [9.17, 15) is 17.6 Å². The van der Waals surface area contributed by atoms with Gasteiger partial charge in [-0.1, -0.05) is 29.3 Å². The summed E-state index contributed by atoms with van der Waals surface area (Å²) < 4.78 is 44.3. The molecule has 10 heteroatoms. The van der Waals surface area contributed by atoms with E-state index in [1.807, 2.05) is 0 Å². The number of carbonyl (C=O) groups is 1. The summed E-state index contributed by atoms with van der Waals surface area (Å²) in [5, 5.41) is 3.42. The first-order chi connectivity index (χ1) is 15.6. The minimum atomic E-state index is -3.65. The van der Waals surface area contributed by atoms with Crippen LogP contribution in [-0.2, 0) is 16.6 Å². The van der Waals surface area contributed by atoms with Gasteiger partial charge in [0.25, 0.3) is 5.91 Å². The number of carbonyl (C=O) groups excluding carboxylic acids is 1. The number of benzene rings is 3. The molecule has 0 spiro atoms. The molecule has 3 aromatic rings. The largest absolute Gasteiger partial charge is 0.492 e. The molecule has 1 amide bonds. The van der Waals surface area contributed by atoms with E-state index in [1.165, 1.54) is 48.5 Å². The fraction of sp³-hybridized carbons (Fsp3) is 0.174. The van der Waals surface area contributed by atoms with Crippen molar-refractivity contribution in [2.24, 2.45) is 0 Å². The average molecular weight is 511 g/mol. The molecule has 0 aromatic heterocycles. The molecule has 0 saturated carbocycles. The molecule has 6 nitrogen and oxygen atoms in total. The number of ether oxygens (including phenoxy) is 1. The molecule has 3 aromatic carbocycles. The first-order valence-corrected chi connectivity index (χ1v) is 12.4. The monoisotopic (exact) mass is 510 g/mol. The molecular formula is C23H21Cl2FN2O4S. The predicted octanol–water partition coefficient (Wildman–Crippen LogP) is 4.91. The summed E-state index contributed by atoms with van der Waals surface area (Å²) in [6.07, 6.45) is 1.08. The highest BCUT2D eigenvalue weighted by molar-refractivity contribution is 7.92. The fourth-order valence-corrected chi connectivity index (χ4v) is 4.36. The molecule has 0 aliphatic carbocycles. The van der Waals surface area contributed by atoms with Gasteiger partial charge < -0.3 is 10.1 Å². The SMILES string of the molecule is CS(=O)(=O)N(Cc1c(Cl)cccc1Cl)c1ccc(C(=O)NCCOc2ccc(F)cc2)cc1. The second-order valence-electron chi connectivity index (χ2n) is 7.08. The molecule has 3 rings (SSSR count). The topological polar surface area (TPSA) is 75.7 Å². The molecule has 1 N–H and O–H groups in total. The van der Waals surface area contributed by atoms with E-state index in [4.69, 9.17) is 27.9 Å². The maximum atomic E-state index is 12.9. The average Bonchev–Trinajstić information content (AvgIpc) is 2.77. The lowest BCUT2D eigenvalue weighted by molar-refractivity contribution is 0.0947. The minimum absolute atomic E-state index is 0.0520. The van der Waals surface area contributed by atoms with Gasteiger partial charge in [-0.2, -0.15) is 0 Å². The summed E-state index contributed by atoms with van der Waals surface area (Å²) in [5.41, 5.74) is 1.20. The summed E-state index contributed by atoms with van der Waals surface area (Å²) in [4.78, 5) is 12.4. The van der Waals surface area contributed by atoms with Crippen molar-refractivity contribution in [1.29, 1.82) is 0 Å². The Morgan fingerprint density at radius 2 is 1.61 bits per heavy atom. The Balaban J connectivity index is 1.64. The van der Waals surface area contributed by atoms with E-state index in [-0.39, 0.29) is 31.4 Å². The number of amides is 1. The molecular weight excluding hydrogens is 490 g/mol. The number of rotatable bonds is 9. The first-order valence-electron chi connectivity index (χ1n) is 9.82. The number of nitrogens with one attached hydrogen (secondary N) is 1. The highest BCUT2D eigenvalue weighted by atomic mass is 35.5. The predicted molar refractivity (Wildman–Crippen MR) is 128 cm³/mol. The van der Waals surface area contributed by atoms with Crippen LogP contribution in [0.3, 0.4) is 0 Å². The third-order valence-corrected chi connectivity index (χ3v) is 6.50. The smallest absolute Gasteiger partial charge is 0.251 e. The van der Waals surface area contributed by atoms with Gasteiger partial charge in [0.1, 0.15) is 18.2 Å². The standard InChI is InChI=1S/C23H21Cl2FN2O4S/c1-33(30,31)28(15-20-21(24)3-2-4-22(20)25)18-9-5-16(6-10-18)23(29)27-13-14-32-19-11-7-17(26)8-12-19/h2-12H,13-15H2,1H3,(H,27,29). The maximum Gasteiger partial charge on any atom is 0.251 e. The molecule has 0 radical (unpaired) electrons. The molecule has 0 bridgehead atoms. The van der Waals surface area contributed by atoms with Crippen molar-refractivity contribution < 1.29 is 22.3 Å². The molecule has 0 saturated heterocycles. The second kappa shape index (κ2) is 10.9. The van der Waals surface area contributed by atoms with Crippen LogP contribution < -0.4 is 14.4 Å². The molecule has 0 heterocycles. The molecule has 0 atom stereocenters. The zero-order chi connectivity index (χ0) is 24.0. The van der Waals surface area contributed by atoms with Crippen molar-refractivity contribution in [3.63, 3.8) is 0 Å². The van der Waals surface area contributed by atoms with Crippen LogP contribution in [0.25, 0.3) is 0 Å². The summed E-state index contributed by atoms with van der Waals surface area (Å²) in [7, 11) is -3.65.